The maximum Gasteiger partial charge on any atom is 0.0802 e. The lowest BCUT2D eigenvalue weighted by Gasteiger charge is -2.06. The summed E-state index contributed by atoms with van der Waals surface area (Å²) in [5.74, 6) is 0. The number of benzene rings is 1. The number of aliphatic hydroxyl groups is 1. The van der Waals surface area contributed by atoms with E-state index < -0.39 is 0 Å². The highest BCUT2D eigenvalue weighted by molar-refractivity contribution is 6.31. The van der Waals surface area contributed by atoms with Gasteiger partial charge in [-0.25, -0.2) is 0 Å². The molecule has 0 aliphatic heterocycles. The van der Waals surface area contributed by atoms with Crippen molar-refractivity contribution in [2.75, 3.05) is 0 Å². The summed E-state index contributed by atoms with van der Waals surface area (Å²) in [7, 11) is 0. The molecule has 1 N–H and O–H groups in total. The lowest BCUT2D eigenvalue weighted by molar-refractivity contribution is 0.173. The molecule has 90 valence electrons. The van der Waals surface area contributed by atoms with Crippen LogP contribution in [0.2, 0.25) is 5.02 Å². The lowest BCUT2D eigenvalue weighted by atomic mass is 10.1. The molecule has 1 unspecified atom stereocenters. The van der Waals surface area contributed by atoms with Crippen molar-refractivity contribution in [1.29, 1.82) is 0 Å². The molecule has 0 aliphatic rings. The van der Waals surface area contributed by atoms with Crippen LogP contribution >= 0.6 is 11.6 Å². The Morgan fingerprint density at radius 2 is 2.06 bits per heavy atom. The van der Waals surface area contributed by atoms with Gasteiger partial charge in [0.15, 0.2) is 0 Å². The third-order valence-corrected chi connectivity index (χ3v) is 3.22. The van der Waals surface area contributed by atoms with Crippen molar-refractivity contribution in [3.8, 4) is 0 Å². The number of hydrogen-bond donors (Lipinski definition) is 1. The molecule has 2 rings (SSSR count). The van der Waals surface area contributed by atoms with Gasteiger partial charge in [0, 0.05) is 24.0 Å². The molecule has 0 fully saturated rings. The van der Waals surface area contributed by atoms with Crippen LogP contribution in [0, 0.1) is 0 Å². The van der Waals surface area contributed by atoms with Gasteiger partial charge in [0.2, 0.25) is 0 Å². The molecular formula is C14H16ClNO. The van der Waals surface area contributed by atoms with Crippen LogP contribution in [-0.2, 0) is 6.54 Å². The number of rotatable bonds is 4. The molecule has 0 spiro atoms. The summed E-state index contributed by atoms with van der Waals surface area (Å²) >= 11 is 6.11. The summed E-state index contributed by atoms with van der Waals surface area (Å²) in [4.78, 5) is 0. The lowest BCUT2D eigenvalue weighted by Crippen LogP contribution is -1.98. The molecule has 1 aromatic heterocycles. The first-order valence-electron chi connectivity index (χ1n) is 5.78. The van der Waals surface area contributed by atoms with Gasteiger partial charge < -0.3 is 9.67 Å². The average Bonchev–Trinajstić information content (AvgIpc) is 2.80. The highest BCUT2D eigenvalue weighted by Gasteiger charge is 2.07. The zero-order valence-corrected chi connectivity index (χ0v) is 10.6. The fraction of sp³-hybridized carbons (Fsp3) is 0.286. The molecule has 1 atom stereocenters. The van der Waals surface area contributed by atoms with Gasteiger partial charge >= 0.3 is 0 Å². The van der Waals surface area contributed by atoms with E-state index in [0.717, 1.165) is 29.1 Å². The SMILES string of the molecule is CCC(O)c1ccn(Cc2ccccc2Cl)c1. The fourth-order valence-electron chi connectivity index (χ4n) is 1.81. The van der Waals surface area contributed by atoms with Crippen LogP contribution in [0.3, 0.4) is 0 Å². The summed E-state index contributed by atoms with van der Waals surface area (Å²) in [6.07, 6.45) is 4.30. The molecule has 0 aliphatic carbocycles. The van der Waals surface area contributed by atoms with Crippen molar-refractivity contribution in [2.24, 2.45) is 0 Å². The van der Waals surface area contributed by atoms with Crippen molar-refractivity contribution in [2.45, 2.75) is 26.0 Å². The average molecular weight is 250 g/mol. The second-order valence-corrected chi connectivity index (χ2v) is 4.54. The standard InChI is InChI=1S/C14H16ClNO/c1-2-14(17)12-7-8-16(10-12)9-11-5-3-4-6-13(11)15/h3-8,10,14,17H,2,9H2,1H3. The van der Waals surface area contributed by atoms with Gasteiger partial charge in [-0.05, 0) is 29.7 Å². The third kappa shape index (κ3) is 2.90. The molecule has 1 aromatic carbocycles. The van der Waals surface area contributed by atoms with E-state index in [9.17, 15) is 5.11 Å². The maximum atomic E-state index is 9.72. The van der Waals surface area contributed by atoms with Crippen molar-refractivity contribution >= 4 is 11.6 Å². The van der Waals surface area contributed by atoms with E-state index in [0.29, 0.717) is 0 Å². The van der Waals surface area contributed by atoms with E-state index in [4.69, 9.17) is 11.6 Å². The van der Waals surface area contributed by atoms with E-state index in [-0.39, 0.29) is 6.10 Å². The van der Waals surface area contributed by atoms with Crippen LogP contribution in [0.5, 0.6) is 0 Å². The minimum Gasteiger partial charge on any atom is -0.388 e. The van der Waals surface area contributed by atoms with Crippen molar-refractivity contribution < 1.29 is 5.11 Å². The van der Waals surface area contributed by atoms with Gasteiger partial charge in [-0.15, -0.1) is 0 Å². The normalized spacial score (nSPS) is 12.6. The van der Waals surface area contributed by atoms with Crippen LogP contribution in [0.4, 0.5) is 0 Å². The van der Waals surface area contributed by atoms with Gasteiger partial charge in [0.25, 0.3) is 0 Å². The van der Waals surface area contributed by atoms with Crippen LogP contribution in [0.25, 0.3) is 0 Å². The molecule has 0 bridgehead atoms. The Hall–Kier alpha value is -1.25. The molecule has 2 nitrogen and oxygen atoms in total. The van der Waals surface area contributed by atoms with E-state index >= 15 is 0 Å². The van der Waals surface area contributed by atoms with E-state index in [1.54, 1.807) is 0 Å². The molecule has 2 aromatic rings. The zero-order valence-electron chi connectivity index (χ0n) is 9.81. The third-order valence-electron chi connectivity index (χ3n) is 2.86. The monoisotopic (exact) mass is 249 g/mol. The van der Waals surface area contributed by atoms with Crippen LogP contribution in [-0.4, -0.2) is 9.67 Å². The van der Waals surface area contributed by atoms with E-state index in [1.165, 1.54) is 0 Å². The summed E-state index contributed by atoms with van der Waals surface area (Å²) in [6.45, 7) is 2.70. The quantitative estimate of drug-likeness (QED) is 0.880. The minimum atomic E-state index is -0.373. The van der Waals surface area contributed by atoms with Gasteiger partial charge in [-0.3, -0.25) is 0 Å². The first-order chi connectivity index (χ1) is 8.20. The summed E-state index contributed by atoms with van der Waals surface area (Å²) in [5.41, 5.74) is 2.04. The Morgan fingerprint density at radius 1 is 1.29 bits per heavy atom. The van der Waals surface area contributed by atoms with Gasteiger partial charge in [-0.2, -0.15) is 0 Å². The minimum absolute atomic E-state index is 0.373. The smallest absolute Gasteiger partial charge is 0.0802 e. The van der Waals surface area contributed by atoms with Gasteiger partial charge in [0.1, 0.15) is 0 Å². The number of aromatic nitrogens is 1. The first kappa shape index (κ1) is 12.2. The van der Waals surface area contributed by atoms with Crippen molar-refractivity contribution in [3.05, 3.63) is 58.9 Å². The Labute approximate surface area is 106 Å². The fourth-order valence-corrected chi connectivity index (χ4v) is 2.01. The summed E-state index contributed by atoms with van der Waals surface area (Å²) in [6, 6.07) is 9.76. The largest absolute Gasteiger partial charge is 0.388 e. The highest BCUT2D eigenvalue weighted by atomic mass is 35.5. The van der Waals surface area contributed by atoms with Crippen LogP contribution < -0.4 is 0 Å². The summed E-state index contributed by atoms with van der Waals surface area (Å²) in [5, 5.41) is 10.5. The Bertz CT molecular complexity index is 492. The Kier molecular flexibility index (Phi) is 3.87. The molecular weight excluding hydrogens is 234 g/mol. The summed E-state index contributed by atoms with van der Waals surface area (Å²) < 4.78 is 2.04. The van der Waals surface area contributed by atoms with Gasteiger partial charge in [0.05, 0.1) is 6.10 Å². The van der Waals surface area contributed by atoms with Crippen molar-refractivity contribution in [1.82, 2.24) is 4.57 Å². The molecule has 1 heterocycles. The Morgan fingerprint density at radius 3 is 2.76 bits per heavy atom. The molecule has 0 saturated carbocycles. The predicted molar refractivity (Wildman–Crippen MR) is 70.2 cm³/mol. The van der Waals surface area contributed by atoms with Crippen LogP contribution in [0.15, 0.2) is 42.7 Å². The second kappa shape index (κ2) is 5.39. The second-order valence-electron chi connectivity index (χ2n) is 4.13. The zero-order chi connectivity index (χ0) is 12.3. The molecule has 0 radical (unpaired) electrons. The molecule has 0 amide bonds. The van der Waals surface area contributed by atoms with E-state index in [2.05, 4.69) is 0 Å². The Balaban J connectivity index is 2.14. The van der Waals surface area contributed by atoms with Gasteiger partial charge in [-0.1, -0.05) is 36.7 Å². The number of aliphatic hydroxyl groups excluding tert-OH is 1. The maximum absolute atomic E-state index is 9.72. The number of halogens is 1. The van der Waals surface area contributed by atoms with E-state index in [1.807, 2.05) is 54.2 Å². The first-order valence-corrected chi connectivity index (χ1v) is 6.15. The highest BCUT2D eigenvalue weighted by Crippen LogP contribution is 2.19. The molecule has 0 saturated heterocycles. The molecule has 17 heavy (non-hydrogen) atoms. The molecule has 3 heteroatoms. The number of hydrogen-bond acceptors (Lipinski definition) is 1. The topological polar surface area (TPSA) is 25.2 Å². The predicted octanol–water partition coefficient (Wildman–Crippen LogP) is 3.63. The van der Waals surface area contributed by atoms with Crippen LogP contribution in [0.1, 0.15) is 30.6 Å². The van der Waals surface area contributed by atoms with Crippen molar-refractivity contribution in [3.63, 3.8) is 0 Å². The number of nitrogens with zero attached hydrogens (tertiary/aromatic N) is 1.